The summed E-state index contributed by atoms with van der Waals surface area (Å²) < 4.78 is 2.59. The van der Waals surface area contributed by atoms with Gasteiger partial charge >= 0.3 is 0 Å². The van der Waals surface area contributed by atoms with Crippen molar-refractivity contribution in [1.29, 1.82) is 0 Å². The van der Waals surface area contributed by atoms with E-state index < -0.39 is 0 Å². The molecule has 15 heavy (non-hydrogen) atoms. The first-order valence-electron chi connectivity index (χ1n) is 4.65. The van der Waals surface area contributed by atoms with Crippen LogP contribution in [-0.2, 0) is 6.61 Å². The Balaban J connectivity index is 2.45. The average Bonchev–Trinajstić information content (AvgIpc) is 2.85. The van der Waals surface area contributed by atoms with Crippen molar-refractivity contribution in [3.8, 4) is 0 Å². The molecular weight excluding hydrogens is 228 g/mol. The molecule has 2 rings (SSSR count). The highest BCUT2D eigenvalue weighted by molar-refractivity contribution is 7.71. The van der Waals surface area contributed by atoms with Gasteiger partial charge in [0.05, 0.1) is 18.3 Å². The van der Waals surface area contributed by atoms with E-state index in [4.69, 9.17) is 12.2 Å². The summed E-state index contributed by atoms with van der Waals surface area (Å²) in [4.78, 5) is 2.95. The Hall–Kier alpha value is -0.910. The minimum absolute atomic E-state index is 0.00160. The summed E-state index contributed by atoms with van der Waals surface area (Å²) in [6.45, 7) is 2.08. The highest BCUT2D eigenvalue weighted by Crippen LogP contribution is 2.22. The van der Waals surface area contributed by atoms with E-state index in [1.54, 1.807) is 17.5 Å². The summed E-state index contributed by atoms with van der Waals surface area (Å²) in [6.07, 6.45) is 1.76. The van der Waals surface area contributed by atoms with Gasteiger partial charge in [0.1, 0.15) is 0 Å². The lowest BCUT2D eigenvalue weighted by Crippen LogP contribution is -2.09. The minimum Gasteiger partial charge on any atom is -0.390 e. The maximum absolute atomic E-state index is 9.19. The number of thiophene rings is 1. The molecule has 1 unspecified atom stereocenters. The van der Waals surface area contributed by atoms with E-state index in [-0.39, 0.29) is 12.6 Å². The number of nitrogens with one attached hydrogen (secondary N) is 1. The lowest BCUT2D eigenvalue weighted by Gasteiger charge is -2.14. The second-order valence-electron chi connectivity index (χ2n) is 3.35. The van der Waals surface area contributed by atoms with Crippen molar-refractivity contribution in [2.45, 2.75) is 19.6 Å². The topological polar surface area (TPSA) is 41.0 Å². The van der Waals surface area contributed by atoms with Gasteiger partial charge in [-0.2, -0.15) is 11.3 Å². The molecule has 0 aliphatic carbocycles. The fraction of sp³-hybridized carbons (Fsp3) is 0.300. The van der Waals surface area contributed by atoms with E-state index in [2.05, 4.69) is 23.4 Å². The predicted octanol–water partition coefficient (Wildman–Crippen LogP) is 2.71. The molecule has 0 radical (unpaired) electrons. The Bertz CT molecular complexity index is 484. The summed E-state index contributed by atoms with van der Waals surface area (Å²) in [7, 11) is 0. The summed E-state index contributed by atoms with van der Waals surface area (Å²) in [5.41, 5.74) is 2.03. The van der Waals surface area contributed by atoms with Crippen molar-refractivity contribution in [3.05, 3.63) is 39.1 Å². The SMILES string of the molecule is CC(c1ccsc1)n1c(CO)c[nH]c1=S. The molecule has 0 amide bonds. The number of aliphatic hydroxyl groups excluding tert-OH is 1. The molecule has 2 heterocycles. The van der Waals surface area contributed by atoms with Crippen molar-refractivity contribution in [2.24, 2.45) is 0 Å². The van der Waals surface area contributed by atoms with Gasteiger partial charge in [0.25, 0.3) is 0 Å². The largest absolute Gasteiger partial charge is 0.390 e. The van der Waals surface area contributed by atoms with Crippen molar-refractivity contribution in [2.75, 3.05) is 0 Å². The minimum atomic E-state index is 0.00160. The molecule has 0 saturated carbocycles. The van der Waals surface area contributed by atoms with Crippen LogP contribution in [0, 0.1) is 4.77 Å². The van der Waals surface area contributed by atoms with Crippen LogP contribution in [0.25, 0.3) is 0 Å². The molecule has 5 heteroatoms. The standard InChI is InChI=1S/C10H12N2OS2/c1-7(8-2-3-15-6-8)12-9(5-13)4-11-10(12)14/h2-4,6-7,13H,5H2,1H3,(H,11,14). The Morgan fingerprint density at radius 3 is 3.07 bits per heavy atom. The van der Waals surface area contributed by atoms with E-state index in [0.717, 1.165) is 5.69 Å². The quantitative estimate of drug-likeness (QED) is 0.810. The Morgan fingerprint density at radius 1 is 1.67 bits per heavy atom. The zero-order valence-electron chi connectivity index (χ0n) is 8.30. The number of rotatable bonds is 3. The maximum Gasteiger partial charge on any atom is 0.177 e. The van der Waals surface area contributed by atoms with E-state index in [9.17, 15) is 5.11 Å². The van der Waals surface area contributed by atoms with Crippen LogP contribution in [0.1, 0.15) is 24.2 Å². The lowest BCUT2D eigenvalue weighted by atomic mass is 10.2. The fourth-order valence-corrected chi connectivity index (χ4v) is 2.70. The van der Waals surface area contributed by atoms with Gasteiger partial charge < -0.3 is 14.7 Å². The monoisotopic (exact) mass is 240 g/mol. The number of imidazole rings is 1. The van der Waals surface area contributed by atoms with Gasteiger partial charge in [0.2, 0.25) is 0 Å². The summed E-state index contributed by atoms with van der Waals surface area (Å²) >= 11 is 6.85. The third kappa shape index (κ3) is 1.90. The van der Waals surface area contributed by atoms with E-state index in [1.807, 2.05) is 9.95 Å². The van der Waals surface area contributed by atoms with E-state index >= 15 is 0 Å². The Labute approximate surface area is 97.0 Å². The molecule has 0 aromatic carbocycles. The van der Waals surface area contributed by atoms with Crippen LogP contribution in [0.2, 0.25) is 0 Å². The molecule has 1 atom stereocenters. The number of H-pyrrole nitrogens is 1. The van der Waals surface area contributed by atoms with Crippen molar-refractivity contribution in [1.82, 2.24) is 9.55 Å². The number of hydrogen-bond donors (Lipinski definition) is 2. The molecule has 3 nitrogen and oxygen atoms in total. The van der Waals surface area contributed by atoms with Gasteiger partial charge in [-0.05, 0) is 41.5 Å². The molecular formula is C10H12N2OS2. The highest BCUT2D eigenvalue weighted by Gasteiger charge is 2.12. The molecule has 0 bridgehead atoms. The summed E-state index contributed by atoms with van der Waals surface area (Å²) in [6, 6.07) is 2.24. The van der Waals surface area contributed by atoms with Gasteiger partial charge in [0, 0.05) is 6.20 Å². The van der Waals surface area contributed by atoms with Gasteiger partial charge in [-0.3, -0.25) is 0 Å². The fourth-order valence-electron chi connectivity index (χ4n) is 1.62. The van der Waals surface area contributed by atoms with Crippen LogP contribution < -0.4 is 0 Å². The molecule has 0 saturated heterocycles. The number of aliphatic hydroxyl groups is 1. The van der Waals surface area contributed by atoms with Crippen LogP contribution in [-0.4, -0.2) is 14.7 Å². The number of aromatic nitrogens is 2. The normalized spacial score (nSPS) is 12.9. The van der Waals surface area contributed by atoms with E-state index in [0.29, 0.717) is 4.77 Å². The number of hydrogen-bond acceptors (Lipinski definition) is 3. The first-order chi connectivity index (χ1) is 7.24. The van der Waals surface area contributed by atoms with Gasteiger partial charge in [0.15, 0.2) is 4.77 Å². The Kier molecular flexibility index (Phi) is 3.04. The second kappa shape index (κ2) is 4.30. The van der Waals surface area contributed by atoms with Crippen LogP contribution in [0.4, 0.5) is 0 Å². The van der Waals surface area contributed by atoms with Gasteiger partial charge in [-0.15, -0.1) is 0 Å². The van der Waals surface area contributed by atoms with Crippen LogP contribution in [0.5, 0.6) is 0 Å². The van der Waals surface area contributed by atoms with Crippen LogP contribution >= 0.6 is 23.6 Å². The third-order valence-electron chi connectivity index (χ3n) is 2.47. The van der Waals surface area contributed by atoms with Crippen molar-refractivity contribution < 1.29 is 5.11 Å². The van der Waals surface area contributed by atoms with Crippen molar-refractivity contribution in [3.63, 3.8) is 0 Å². The highest BCUT2D eigenvalue weighted by atomic mass is 32.1. The van der Waals surface area contributed by atoms with Gasteiger partial charge in [-0.25, -0.2) is 0 Å². The zero-order chi connectivity index (χ0) is 10.8. The van der Waals surface area contributed by atoms with Gasteiger partial charge in [-0.1, -0.05) is 0 Å². The maximum atomic E-state index is 9.19. The molecule has 80 valence electrons. The average molecular weight is 240 g/mol. The Morgan fingerprint density at radius 2 is 2.47 bits per heavy atom. The second-order valence-corrected chi connectivity index (χ2v) is 4.51. The molecule has 2 N–H and O–H groups in total. The molecule has 0 aliphatic heterocycles. The van der Waals surface area contributed by atoms with Crippen LogP contribution in [0.15, 0.2) is 23.0 Å². The zero-order valence-corrected chi connectivity index (χ0v) is 9.94. The first-order valence-corrected chi connectivity index (χ1v) is 6.01. The van der Waals surface area contributed by atoms with Crippen molar-refractivity contribution >= 4 is 23.6 Å². The number of aromatic amines is 1. The summed E-state index contributed by atoms with van der Waals surface area (Å²) in [5.74, 6) is 0. The third-order valence-corrected chi connectivity index (χ3v) is 3.48. The smallest absolute Gasteiger partial charge is 0.177 e. The molecule has 0 fully saturated rings. The summed E-state index contributed by atoms with van der Waals surface area (Å²) in [5, 5.41) is 13.3. The molecule has 0 aliphatic rings. The van der Waals surface area contributed by atoms with Crippen LogP contribution in [0.3, 0.4) is 0 Å². The predicted molar refractivity (Wildman–Crippen MR) is 63.7 cm³/mol. The van der Waals surface area contributed by atoms with E-state index in [1.165, 1.54) is 5.56 Å². The molecule has 0 spiro atoms. The first kappa shape index (κ1) is 10.6. The number of nitrogens with zero attached hydrogens (tertiary/aromatic N) is 1. The molecule has 2 aromatic heterocycles. The lowest BCUT2D eigenvalue weighted by molar-refractivity contribution is 0.269. The molecule has 2 aromatic rings.